The van der Waals surface area contributed by atoms with Crippen LogP contribution < -0.4 is 5.76 Å². The van der Waals surface area contributed by atoms with E-state index in [1.54, 1.807) is 0 Å². The van der Waals surface area contributed by atoms with E-state index in [1.807, 2.05) is 0 Å². The highest BCUT2D eigenvalue weighted by Crippen LogP contribution is 2.44. The average Bonchev–Trinajstić information content (AvgIpc) is 2.65. The first kappa shape index (κ1) is 13.5. The molecule has 2 rings (SSSR count). The van der Waals surface area contributed by atoms with Gasteiger partial charge in [-0.15, -0.1) is 0 Å². The number of rotatable bonds is 2. The number of benzene rings is 1. The zero-order valence-electron chi connectivity index (χ0n) is 8.96. The maximum Gasteiger partial charge on any atom is 0.456 e. The Labute approximate surface area is 101 Å². The molecule has 0 fully saturated rings. The van der Waals surface area contributed by atoms with E-state index in [1.165, 1.54) is 0 Å². The minimum absolute atomic E-state index is 0.122. The maximum absolute atomic E-state index is 12.9. The summed E-state index contributed by atoms with van der Waals surface area (Å²) in [5.41, 5.74) is -0.812. The van der Waals surface area contributed by atoms with Gasteiger partial charge in [-0.3, -0.25) is 4.98 Å². The number of hydrogen-bond donors (Lipinski definition) is 2. The first-order valence-corrected chi connectivity index (χ1v) is 4.88. The average molecular weight is 283 g/mol. The van der Waals surface area contributed by atoms with Gasteiger partial charge in [-0.1, -0.05) is 6.07 Å². The SMILES string of the molecule is O=c1[nH]c2ccc(C(O)C(F)(F)C(F)(F)F)cc2o1. The van der Waals surface area contributed by atoms with Crippen LogP contribution in [0.4, 0.5) is 22.0 Å². The number of aliphatic hydroxyl groups excluding tert-OH is 1. The molecule has 0 amide bonds. The summed E-state index contributed by atoms with van der Waals surface area (Å²) in [6.45, 7) is 0. The lowest BCUT2D eigenvalue weighted by molar-refractivity contribution is -0.315. The number of hydrogen-bond acceptors (Lipinski definition) is 3. The quantitative estimate of drug-likeness (QED) is 0.831. The molecular weight excluding hydrogens is 277 g/mol. The Morgan fingerprint density at radius 3 is 2.42 bits per heavy atom. The molecule has 1 unspecified atom stereocenters. The minimum Gasteiger partial charge on any atom is -0.408 e. The summed E-state index contributed by atoms with van der Waals surface area (Å²) in [7, 11) is 0. The number of nitrogens with one attached hydrogen (secondary N) is 1. The van der Waals surface area contributed by atoms with Crippen molar-refractivity contribution in [2.45, 2.75) is 18.2 Å². The normalized spacial score (nSPS) is 14.8. The molecule has 2 N–H and O–H groups in total. The lowest BCUT2D eigenvalue weighted by Gasteiger charge is -2.24. The molecule has 0 spiro atoms. The summed E-state index contributed by atoms with van der Waals surface area (Å²) in [4.78, 5) is 13.0. The van der Waals surface area contributed by atoms with Crippen molar-refractivity contribution in [1.29, 1.82) is 0 Å². The van der Waals surface area contributed by atoms with E-state index >= 15 is 0 Å². The fraction of sp³-hybridized carbons (Fsp3) is 0.300. The predicted molar refractivity (Wildman–Crippen MR) is 52.8 cm³/mol. The molecule has 0 aliphatic carbocycles. The van der Waals surface area contributed by atoms with Crippen molar-refractivity contribution >= 4 is 11.1 Å². The first-order chi connectivity index (χ1) is 8.63. The van der Waals surface area contributed by atoms with Gasteiger partial charge in [-0.05, 0) is 17.7 Å². The van der Waals surface area contributed by atoms with Crippen molar-refractivity contribution in [3.05, 3.63) is 34.3 Å². The second kappa shape index (κ2) is 4.05. The van der Waals surface area contributed by atoms with Crippen LogP contribution in [0.1, 0.15) is 11.7 Å². The summed E-state index contributed by atoms with van der Waals surface area (Å²) in [5.74, 6) is -6.19. The molecule has 1 atom stereocenters. The van der Waals surface area contributed by atoms with Crippen LogP contribution in [-0.2, 0) is 0 Å². The molecule has 104 valence electrons. The van der Waals surface area contributed by atoms with Crippen molar-refractivity contribution in [3.8, 4) is 0 Å². The van der Waals surface area contributed by atoms with Gasteiger partial charge < -0.3 is 9.52 Å². The Morgan fingerprint density at radius 2 is 1.84 bits per heavy atom. The van der Waals surface area contributed by atoms with Crippen molar-refractivity contribution in [3.63, 3.8) is 0 Å². The minimum atomic E-state index is -5.89. The molecule has 0 aliphatic heterocycles. The van der Waals surface area contributed by atoms with Crippen LogP contribution in [0.3, 0.4) is 0 Å². The van der Waals surface area contributed by atoms with Crippen LogP contribution in [0.15, 0.2) is 27.4 Å². The maximum atomic E-state index is 12.9. The smallest absolute Gasteiger partial charge is 0.408 e. The molecule has 1 aromatic carbocycles. The van der Waals surface area contributed by atoms with Crippen LogP contribution in [0.5, 0.6) is 0 Å². The van der Waals surface area contributed by atoms with E-state index < -0.39 is 29.5 Å². The molecule has 0 aliphatic rings. The third kappa shape index (κ3) is 2.21. The van der Waals surface area contributed by atoms with Crippen molar-refractivity contribution in [2.75, 3.05) is 0 Å². The van der Waals surface area contributed by atoms with Crippen LogP contribution in [0.25, 0.3) is 11.1 Å². The van der Waals surface area contributed by atoms with E-state index in [0.29, 0.717) is 0 Å². The van der Waals surface area contributed by atoms with Gasteiger partial charge >= 0.3 is 17.9 Å². The number of oxazole rings is 1. The van der Waals surface area contributed by atoms with Crippen LogP contribution >= 0.6 is 0 Å². The number of fused-ring (bicyclic) bond motifs is 1. The molecule has 2 aromatic rings. The standard InChI is InChI=1S/C10H6F5NO3/c11-9(12,10(13,14)15)7(17)4-1-2-5-6(3-4)19-8(18)16-5/h1-3,7,17H,(H,16,18). The molecule has 4 nitrogen and oxygen atoms in total. The number of alkyl halides is 5. The Morgan fingerprint density at radius 1 is 1.21 bits per heavy atom. The van der Waals surface area contributed by atoms with Gasteiger partial charge in [0.25, 0.3) is 0 Å². The predicted octanol–water partition coefficient (Wildman–Crippen LogP) is 2.35. The first-order valence-electron chi connectivity index (χ1n) is 4.88. The van der Waals surface area contributed by atoms with Gasteiger partial charge in [-0.2, -0.15) is 22.0 Å². The Bertz CT molecular complexity index is 657. The van der Waals surface area contributed by atoms with E-state index in [-0.39, 0.29) is 11.1 Å². The third-order valence-electron chi connectivity index (χ3n) is 2.48. The molecule has 0 bridgehead atoms. The number of aromatic amines is 1. The van der Waals surface area contributed by atoms with Crippen LogP contribution in [0.2, 0.25) is 0 Å². The van der Waals surface area contributed by atoms with Gasteiger partial charge in [-0.25, -0.2) is 4.79 Å². The lowest BCUT2D eigenvalue weighted by Crippen LogP contribution is -2.42. The van der Waals surface area contributed by atoms with E-state index in [0.717, 1.165) is 18.2 Å². The Kier molecular flexibility index (Phi) is 2.89. The molecule has 0 saturated heterocycles. The van der Waals surface area contributed by atoms with Gasteiger partial charge in [0, 0.05) is 0 Å². The molecule has 19 heavy (non-hydrogen) atoms. The lowest BCUT2D eigenvalue weighted by atomic mass is 10.0. The van der Waals surface area contributed by atoms with Gasteiger partial charge in [0.2, 0.25) is 0 Å². The topological polar surface area (TPSA) is 66.2 Å². The summed E-state index contributed by atoms with van der Waals surface area (Å²) in [6.07, 6.45) is -8.97. The summed E-state index contributed by atoms with van der Waals surface area (Å²) in [6, 6.07) is 2.65. The highest BCUT2D eigenvalue weighted by atomic mass is 19.4. The van der Waals surface area contributed by atoms with E-state index in [9.17, 15) is 26.7 Å². The number of aromatic nitrogens is 1. The van der Waals surface area contributed by atoms with E-state index in [4.69, 9.17) is 5.11 Å². The van der Waals surface area contributed by atoms with Crippen LogP contribution in [0, 0.1) is 0 Å². The second-order valence-corrected chi connectivity index (χ2v) is 3.79. The van der Waals surface area contributed by atoms with Gasteiger partial charge in [0.15, 0.2) is 11.7 Å². The highest BCUT2D eigenvalue weighted by molar-refractivity contribution is 5.72. The molecule has 9 heteroatoms. The van der Waals surface area contributed by atoms with Crippen molar-refractivity contribution < 1.29 is 31.5 Å². The molecule has 1 aromatic heterocycles. The Balaban J connectivity index is 2.46. The second-order valence-electron chi connectivity index (χ2n) is 3.79. The van der Waals surface area contributed by atoms with Gasteiger partial charge in [0.1, 0.15) is 0 Å². The monoisotopic (exact) mass is 283 g/mol. The van der Waals surface area contributed by atoms with Gasteiger partial charge in [0.05, 0.1) is 5.52 Å². The van der Waals surface area contributed by atoms with Crippen LogP contribution in [-0.4, -0.2) is 22.2 Å². The largest absolute Gasteiger partial charge is 0.456 e. The van der Waals surface area contributed by atoms with Crippen molar-refractivity contribution in [2.24, 2.45) is 0 Å². The molecule has 0 radical (unpaired) electrons. The number of halogens is 5. The zero-order chi connectivity index (χ0) is 14.4. The summed E-state index contributed by atoms with van der Waals surface area (Å²) >= 11 is 0. The highest BCUT2D eigenvalue weighted by Gasteiger charge is 2.62. The molecule has 0 saturated carbocycles. The van der Waals surface area contributed by atoms with E-state index in [2.05, 4.69) is 9.40 Å². The Hall–Kier alpha value is -1.90. The molecule has 1 heterocycles. The van der Waals surface area contributed by atoms with Crippen molar-refractivity contribution in [1.82, 2.24) is 4.98 Å². The molecular formula is C10H6F5NO3. The third-order valence-corrected chi connectivity index (χ3v) is 2.48. The zero-order valence-corrected chi connectivity index (χ0v) is 8.96. The summed E-state index contributed by atoms with van der Waals surface area (Å²) in [5, 5.41) is 9.15. The number of aliphatic hydroxyl groups is 1. The fourth-order valence-corrected chi connectivity index (χ4v) is 1.50. The number of H-pyrrole nitrogens is 1. The fourth-order valence-electron chi connectivity index (χ4n) is 1.50. The summed E-state index contributed by atoms with van der Waals surface area (Å²) < 4.78 is 66.7.